The van der Waals surface area contributed by atoms with Crippen molar-refractivity contribution in [2.75, 3.05) is 24.6 Å². The van der Waals surface area contributed by atoms with Crippen molar-refractivity contribution in [1.29, 1.82) is 0 Å². The second-order valence-electron chi connectivity index (χ2n) is 8.39. The second kappa shape index (κ2) is 8.29. The van der Waals surface area contributed by atoms with Crippen molar-refractivity contribution < 1.29 is 13.9 Å². The Morgan fingerprint density at radius 3 is 2.65 bits per heavy atom. The van der Waals surface area contributed by atoms with Gasteiger partial charge in [-0.3, -0.25) is 4.79 Å². The molecule has 1 aliphatic carbocycles. The van der Waals surface area contributed by atoms with Crippen molar-refractivity contribution in [3.8, 4) is 11.3 Å². The largest absolute Gasteiger partial charge is 0.466 e. The van der Waals surface area contributed by atoms with Crippen molar-refractivity contribution in [3.63, 3.8) is 0 Å². The predicted molar refractivity (Wildman–Crippen MR) is 117 cm³/mol. The number of piperidine rings is 1. The molecule has 7 heteroatoms. The number of esters is 1. The summed E-state index contributed by atoms with van der Waals surface area (Å²) >= 11 is 0. The van der Waals surface area contributed by atoms with E-state index in [4.69, 9.17) is 14.8 Å². The number of fused-ring (bicyclic) bond motifs is 2. The highest BCUT2D eigenvalue weighted by Gasteiger charge is 2.30. The molecule has 5 rings (SSSR count). The van der Waals surface area contributed by atoms with Crippen LogP contribution in [0.5, 0.6) is 0 Å². The number of benzene rings is 1. The first-order chi connectivity index (χ1) is 15.1. The van der Waals surface area contributed by atoms with Gasteiger partial charge in [0.2, 0.25) is 0 Å². The first-order valence-corrected chi connectivity index (χ1v) is 11.2. The number of nitrogens with zero attached hydrogens (tertiary/aromatic N) is 4. The van der Waals surface area contributed by atoms with E-state index in [1.165, 1.54) is 17.7 Å². The number of halogens is 1. The Labute approximate surface area is 181 Å². The molecule has 31 heavy (non-hydrogen) atoms. The zero-order valence-electron chi connectivity index (χ0n) is 17.8. The maximum absolute atomic E-state index is 13.4. The minimum atomic E-state index is -0.258. The van der Waals surface area contributed by atoms with Crippen LogP contribution in [0.25, 0.3) is 16.9 Å². The Morgan fingerprint density at radius 2 is 1.90 bits per heavy atom. The van der Waals surface area contributed by atoms with Gasteiger partial charge in [0.25, 0.3) is 0 Å². The van der Waals surface area contributed by atoms with Gasteiger partial charge in [-0.15, -0.1) is 0 Å². The van der Waals surface area contributed by atoms with Crippen LogP contribution in [0, 0.1) is 11.7 Å². The second-order valence-corrected chi connectivity index (χ2v) is 8.39. The Balaban J connectivity index is 1.53. The van der Waals surface area contributed by atoms with Crippen molar-refractivity contribution in [1.82, 2.24) is 14.6 Å². The number of carbonyl (C=O) groups excluding carboxylic acids is 1. The molecule has 2 aliphatic rings. The van der Waals surface area contributed by atoms with E-state index in [1.54, 1.807) is 12.1 Å². The van der Waals surface area contributed by atoms with Crippen molar-refractivity contribution in [3.05, 3.63) is 47.4 Å². The number of rotatable bonds is 4. The van der Waals surface area contributed by atoms with E-state index >= 15 is 0 Å². The molecule has 6 nitrogen and oxygen atoms in total. The Bertz CT molecular complexity index is 1100. The summed E-state index contributed by atoms with van der Waals surface area (Å²) in [5.41, 5.74) is 4.92. The standard InChI is InChI=1S/C24H27FN4O2/c1-2-31-24(30)17-11-13-28(14-12-17)23-19-5-3-4-6-20(19)26-22-15-21(27-29(22)23)16-7-9-18(25)10-8-16/h7-10,15,17H,2-6,11-14H2,1H3. The number of ether oxygens (including phenoxy) is 1. The molecule has 1 fully saturated rings. The number of aromatic nitrogens is 3. The molecule has 0 spiro atoms. The first kappa shape index (κ1) is 20.0. The molecule has 1 saturated heterocycles. The van der Waals surface area contributed by atoms with Gasteiger partial charge in [0.15, 0.2) is 5.65 Å². The summed E-state index contributed by atoms with van der Waals surface area (Å²) in [7, 11) is 0. The molecule has 0 saturated carbocycles. The molecule has 0 unspecified atom stereocenters. The van der Waals surface area contributed by atoms with Crippen molar-refractivity contribution in [2.24, 2.45) is 5.92 Å². The van der Waals surface area contributed by atoms with Gasteiger partial charge >= 0.3 is 5.97 Å². The minimum absolute atomic E-state index is 0.0308. The van der Waals surface area contributed by atoms with E-state index in [0.29, 0.717) is 6.61 Å². The van der Waals surface area contributed by atoms with Crippen LogP contribution in [0.3, 0.4) is 0 Å². The van der Waals surface area contributed by atoms with Crippen LogP contribution in [0.4, 0.5) is 10.2 Å². The lowest BCUT2D eigenvalue weighted by atomic mass is 9.93. The van der Waals surface area contributed by atoms with Gasteiger partial charge in [-0.05, 0) is 69.7 Å². The van der Waals surface area contributed by atoms with E-state index in [0.717, 1.165) is 80.0 Å². The molecule has 0 amide bonds. The third-order valence-corrected chi connectivity index (χ3v) is 6.40. The molecular formula is C24H27FN4O2. The summed E-state index contributed by atoms with van der Waals surface area (Å²) in [5.74, 6) is 0.736. The lowest BCUT2D eigenvalue weighted by Crippen LogP contribution is -2.39. The minimum Gasteiger partial charge on any atom is -0.466 e. The number of hydrogen-bond donors (Lipinski definition) is 0. The Hall–Kier alpha value is -2.96. The number of anilines is 1. The smallest absolute Gasteiger partial charge is 0.309 e. The topological polar surface area (TPSA) is 59.7 Å². The molecule has 162 valence electrons. The SMILES string of the molecule is CCOC(=O)C1CCN(c2c3c(nc4cc(-c5ccc(F)cc5)nn24)CCCC3)CC1. The van der Waals surface area contributed by atoms with E-state index in [2.05, 4.69) is 4.90 Å². The van der Waals surface area contributed by atoms with E-state index in [1.807, 2.05) is 17.5 Å². The maximum Gasteiger partial charge on any atom is 0.309 e. The zero-order valence-corrected chi connectivity index (χ0v) is 17.8. The van der Waals surface area contributed by atoms with Crippen LogP contribution >= 0.6 is 0 Å². The molecule has 3 heterocycles. The normalized spacial score (nSPS) is 17.0. The Kier molecular flexibility index (Phi) is 5.34. The Morgan fingerprint density at radius 1 is 1.16 bits per heavy atom. The van der Waals surface area contributed by atoms with Gasteiger partial charge in [0, 0.05) is 36.0 Å². The zero-order chi connectivity index (χ0) is 21.4. The highest BCUT2D eigenvalue weighted by atomic mass is 19.1. The van der Waals surface area contributed by atoms with Crippen LogP contribution in [-0.2, 0) is 22.4 Å². The van der Waals surface area contributed by atoms with Crippen LogP contribution in [0.15, 0.2) is 30.3 Å². The fraction of sp³-hybridized carbons (Fsp3) is 0.458. The molecule has 0 N–H and O–H groups in total. The fourth-order valence-electron chi connectivity index (χ4n) is 4.80. The number of aryl methyl sites for hydroxylation is 1. The molecule has 0 bridgehead atoms. The van der Waals surface area contributed by atoms with Crippen LogP contribution in [0.1, 0.15) is 43.9 Å². The average molecular weight is 423 g/mol. The summed E-state index contributed by atoms with van der Waals surface area (Å²) in [5, 5.41) is 4.88. The highest BCUT2D eigenvalue weighted by Crippen LogP contribution is 2.34. The quantitative estimate of drug-likeness (QED) is 0.590. The summed E-state index contributed by atoms with van der Waals surface area (Å²) in [4.78, 5) is 19.5. The average Bonchev–Trinajstić information content (AvgIpc) is 3.21. The molecule has 1 aliphatic heterocycles. The van der Waals surface area contributed by atoms with Crippen LogP contribution < -0.4 is 4.90 Å². The molecule has 2 aromatic heterocycles. The van der Waals surface area contributed by atoms with Crippen LogP contribution in [-0.4, -0.2) is 40.3 Å². The number of carbonyl (C=O) groups is 1. The summed E-state index contributed by atoms with van der Waals surface area (Å²) in [6, 6.07) is 8.40. The van der Waals surface area contributed by atoms with Gasteiger partial charge < -0.3 is 9.64 Å². The summed E-state index contributed by atoms with van der Waals surface area (Å²) in [6.45, 7) is 3.86. The first-order valence-electron chi connectivity index (χ1n) is 11.2. The highest BCUT2D eigenvalue weighted by molar-refractivity contribution is 5.73. The van der Waals surface area contributed by atoms with Gasteiger partial charge in [0.05, 0.1) is 18.2 Å². The van der Waals surface area contributed by atoms with E-state index < -0.39 is 0 Å². The third-order valence-electron chi connectivity index (χ3n) is 6.40. The van der Waals surface area contributed by atoms with E-state index in [-0.39, 0.29) is 17.7 Å². The van der Waals surface area contributed by atoms with Crippen molar-refractivity contribution in [2.45, 2.75) is 45.4 Å². The molecule has 0 radical (unpaired) electrons. The maximum atomic E-state index is 13.4. The predicted octanol–water partition coefficient (Wildman–Crippen LogP) is 4.19. The van der Waals surface area contributed by atoms with Gasteiger partial charge in [0.1, 0.15) is 11.6 Å². The summed E-state index contributed by atoms with van der Waals surface area (Å²) in [6.07, 6.45) is 5.84. The molecule has 0 atom stereocenters. The number of hydrogen-bond acceptors (Lipinski definition) is 5. The molecule has 1 aromatic carbocycles. The molecule has 3 aromatic rings. The van der Waals surface area contributed by atoms with Crippen molar-refractivity contribution >= 4 is 17.4 Å². The lowest BCUT2D eigenvalue weighted by Gasteiger charge is -2.34. The van der Waals surface area contributed by atoms with Gasteiger partial charge in [-0.1, -0.05) is 0 Å². The van der Waals surface area contributed by atoms with Gasteiger partial charge in [-0.25, -0.2) is 9.37 Å². The lowest BCUT2D eigenvalue weighted by molar-refractivity contribution is -0.148. The monoisotopic (exact) mass is 422 g/mol. The fourth-order valence-corrected chi connectivity index (χ4v) is 4.80. The van der Waals surface area contributed by atoms with E-state index in [9.17, 15) is 9.18 Å². The van der Waals surface area contributed by atoms with Gasteiger partial charge in [-0.2, -0.15) is 9.61 Å². The third kappa shape index (κ3) is 3.77. The van der Waals surface area contributed by atoms with Crippen LogP contribution in [0.2, 0.25) is 0 Å². The molecular weight excluding hydrogens is 395 g/mol. The summed E-state index contributed by atoms with van der Waals surface area (Å²) < 4.78 is 20.6.